The minimum Gasteiger partial charge on any atom is -0.409 e. The molecular formula is C30H45NO2SSi. The molecule has 0 atom stereocenters. The van der Waals surface area contributed by atoms with E-state index in [9.17, 15) is 4.79 Å². The van der Waals surface area contributed by atoms with Crippen LogP contribution in [-0.2, 0) is 25.7 Å². The van der Waals surface area contributed by atoms with E-state index in [1.165, 1.54) is 21.6 Å². The Labute approximate surface area is 218 Å². The van der Waals surface area contributed by atoms with Gasteiger partial charge >= 0.3 is 6.09 Å². The zero-order valence-electron chi connectivity index (χ0n) is 23.1. The van der Waals surface area contributed by atoms with Gasteiger partial charge < -0.3 is 9.64 Å². The third-order valence-electron chi connectivity index (χ3n) is 7.86. The molecule has 4 bridgehead atoms. The van der Waals surface area contributed by atoms with E-state index >= 15 is 0 Å². The number of aryl methyl sites for hydroxylation is 4. The summed E-state index contributed by atoms with van der Waals surface area (Å²) < 4.78 is 6.36. The van der Waals surface area contributed by atoms with Crippen molar-refractivity contribution in [3.63, 3.8) is 0 Å². The summed E-state index contributed by atoms with van der Waals surface area (Å²) in [5, 5.41) is 0. The van der Waals surface area contributed by atoms with Crippen molar-refractivity contribution < 1.29 is 9.53 Å². The molecule has 0 radical (unpaired) electrons. The monoisotopic (exact) mass is 511 g/mol. The van der Waals surface area contributed by atoms with Gasteiger partial charge in [-0.3, -0.25) is 0 Å². The van der Waals surface area contributed by atoms with Gasteiger partial charge in [0.2, 0.25) is 0 Å². The number of carbonyl (C=O) groups is 1. The van der Waals surface area contributed by atoms with Crippen molar-refractivity contribution in [1.29, 1.82) is 0 Å². The van der Waals surface area contributed by atoms with E-state index in [0.29, 0.717) is 29.7 Å². The van der Waals surface area contributed by atoms with E-state index < -0.39 is 7.22 Å². The lowest BCUT2D eigenvalue weighted by molar-refractivity contribution is 0.155. The van der Waals surface area contributed by atoms with Crippen LogP contribution < -0.4 is 4.74 Å². The molecule has 3 nitrogen and oxygen atoms in total. The first-order chi connectivity index (χ1) is 16.6. The Morgan fingerprint density at radius 1 is 0.800 bits per heavy atom. The highest BCUT2D eigenvalue weighted by Gasteiger charge is 2.45. The molecule has 0 fully saturated rings. The molecule has 192 valence electrons. The predicted octanol–water partition coefficient (Wildman–Crippen LogP) is 8.68. The molecule has 35 heavy (non-hydrogen) atoms. The summed E-state index contributed by atoms with van der Waals surface area (Å²) in [5.74, 6) is 0.832. The number of hydrogen-bond donors (Lipinski definition) is 0. The van der Waals surface area contributed by atoms with E-state index in [0.717, 1.165) is 37.0 Å². The summed E-state index contributed by atoms with van der Waals surface area (Å²) in [5.41, 5.74) is 7.02. The Morgan fingerprint density at radius 2 is 1.26 bits per heavy atom. The second-order valence-electron chi connectivity index (χ2n) is 10.8. The quantitative estimate of drug-likeness (QED) is 0.332. The van der Waals surface area contributed by atoms with Crippen LogP contribution in [0.3, 0.4) is 0 Å². The number of nitrogens with zero attached hydrogens (tertiary/aromatic N) is 1. The van der Waals surface area contributed by atoms with Gasteiger partial charge in [0.25, 0.3) is 0 Å². The van der Waals surface area contributed by atoms with Gasteiger partial charge in [0.05, 0.1) is 0 Å². The molecule has 0 unspecified atom stereocenters. The van der Waals surface area contributed by atoms with Crippen molar-refractivity contribution in [3.8, 4) is 5.75 Å². The van der Waals surface area contributed by atoms with Crippen LogP contribution in [0, 0.1) is 0 Å². The van der Waals surface area contributed by atoms with Gasteiger partial charge in [0, 0.05) is 18.0 Å². The fourth-order valence-corrected chi connectivity index (χ4v) is 15.3. The molecule has 2 aromatic carbocycles. The Balaban J connectivity index is 2.19. The Hall–Kier alpha value is -1.72. The van der Waals surface area contributed by atoms with Crippen molar-refractivity contribution >= 4 is 24.5 Å². The SMILES string of the molecule is CCN(CC)C(=O)Oc1c2ccc(c1S[Si](C(C)C)(C(C)C)C(C)C)CCc1ccc(cc1)CC2. The van der Waals surface area contributed by atoms with Crippen molar-refractivity contribution in [3.05, 3.63) is 58.7 Å². The van der Waals surface area contributed by atoms with E-state index in [2.05, 4.69) is 89.2 Å². The molecule has 0 N–H and O–H groups in total. The molecule has 0 heterocycles. The molecule has 2 aromatic rings. The molecule has 6 rings (SSSR count). The summed E-state index contributed by atoms with van der Waals surface area (Å²) in [6, 6.07) is 13.6. The molecule has 0 saturated heterocycles. The maximum absolute atomic E-state index is 13.3. The fraction of sp³-hybridized carbons (Fsp3) is 0.567. The highest BCUT2D eigenvalue weighted by Crippen LogP contribution is 2.55. The molecule has 0 aromatic heterocycles. The van der Waals surface area contributed by atoms with Crippen LogP contribution in [0.5, 0.6) is 5.75 Å². The largest absolute Gasteiger partial charge is 0.415 e. The van der Waals surface area contributed by atoms with Crippen molar-refractivity contribution in [2.75, 3.05) is 13.1 Å². The first-order valence-electron chi connectivity index (χ1n) is 13.5. The van der Waals surface area contributed by atoms with Crippen molar-refractivity contribution in [2.24, 2.45) is 0 Å². The molecule has 0 saturated carbocycles. The van der Waals surface area contributed by atoms with E-state index in [1.807, 2.05) is 13.8 Å². The Morgan fingerprint density at radius 3 is 1.71 bits per heavy atom. The van der Waals surface area contributed by atoms with Gasteiger partial charge in [-0.05, 0) is 78.4 Å². The first-order valence-corrected chi connectivity index (χ1v) is 17.3. The van der Waals surface area contributed by atoms with Crippen LogP contribution >= 0.6 is 11.2 Å². The normalized spacial score (nSPS) is 13.9. The topological polar surface area (TPSA) is 29.5 Å². The lowest BCUT2D eigenvalue weighted by Crippen LogP contribution is -2.41. The van der Waals surface area contributed by atoms with Gasteiger partial charge in [0.15, 0.2) is 0 Å². The maximum atomic E-state index is 13.3. The lowest BCUT2D eigenvalue weighted by Gasteiger charge is -2.43. The molecule has 4 aliphatic rings. The van der Waals surface area contributed by atoms with Gasteiger partial charge in [-0.15, -0.1) is 11.2 Å². The third-order valence-corrected chi connectivity index (χ3v) is 20.2. The summed E-state index contributed by atoms with van der Waals surface area (Å²) in [6.07, 6.45) is 3.54. The first kappa shape index (κ1) is 27.9. The summed E-state index contributed by atoms with van der Waals surface area (Å²) >= 11 is 2.11. The second kappa shape index (κ2) is 12.0. The second-order valence-corrected chi connectivity index (χ2v) is 19.3. The zero-order chi connectivity index (χ0) is 25.8. The number of carbonyl (C=O) groups excluding carboxylic acids is 1. The summed E-state index contributed by atoms with van der Waals surface area (Å²) in [7, 11) is -1.85. The fourth-order valence-electron chi connectivity index (χ4n) is 5.86. The maximum Gasteiger partial charge on any atom is 0.415 e. The average Bonchev–Trinajstić information content (AvgIpc) is 2.80. The number of amides is 1. The number of benzene rings is 2. The van der Waals surface area contributed by atoms with Crippen molar-refractivity contribution in [1.82, 2.24) is 4.90 Å². The van der Waals surface area contributed by atoms with Gasteiger partial charge in [-0.1, -0.05) is 77.9 Å². The molecule has 4 aliphatic carbocycles. The van der Waals surface area contributed by atoms with E-state index in [4.69, 9.17) is 4.74 Å². The van der Waals surface area contributed by atoms with Crippen LogP contribution in [0.4, 0.5) is 4.79 Å². The van der Waals surface area contributed by atoms with E-state index in [1.54, 1.807) is 4.90 Å². The summed E-state index contributed by atoms with van der Waals surface area (Å²) in [4.78, 5) is 16.3. The van der Waals surface area contributed by atoms with Gasteiger partial charge in [0.1, 0.15) is 13.0 Å². The zero-order valence-corrected chi connectivity index (χ0v) is 24.9. The number of hydrogen-bond acceptors (Lipinski definition) is 3. The van der Waals surface area contributed by atoms with Crippen LogP contribution in [0.15, 0.2) is 41.3 Å². The van der Waals surface area contributed by atoms with Crippen LogP contribution in [0.1, 0.15) is 77.6 Å². The molecule has 5 heteroatoms. The molecular weight excluding hydrogens is 466 g/mol. The highest BCUT2D eigenvalue weighted by molar-refractivity contribution is 8.29. The smallest absolute Gasteiger partial charge is 0.409 e. The van der Waals surface area contributed by atoms with Gasteiger partial charge in [-0.2, -0.15) is 0 Å². The Kier molecular flexibility index (Phi) is 9.56. The lowest BCUT2D eigenvalue weighted by atomic mass is 9.96. The Bertz CT molecular complexity index is 974. The number of ether oxygens (including phenoxy) is 1. The molecule has 0 spiro atoms. The molecule has 1 amide bonds. The third kappa shape index (κ3) is 5.99. The van der Waals surface area contributed by atoms with Gasteiger partial charge in [-0.25, -0.2) is 4.79 Å². The van der Waals surface area contributed by atoms with E-state index in [-0.39, 0.29) is 6.09 Å². The summed E-state index contributed by atoms with van der Waals surface area (Å²) in [6.45, 7) is 19.8. The van der Waals surface area contributed by atoms with Crippen molar-refractivity contribution in [2.45, 2.75) is 103 Å². The van der Waals surface area contributed by atoms with Crippen LogP contribution in [0.2, 0.25) is 16.6 Å². The van der Waals surface area contributed by atoms with Crippen LogP contribution in [0.25, 0.3) is 0 Å². The minimum atomic E-state index is -1.85. The molecule has 0 aliphatic heterocycles. The minimum absolute atomic E-state index is 0.225. The highest BCUT2D eigenvalue weighted by atomic mass is 32.4. The van der Waals surface area contributed by atoms with Crippen LogP contribution in [-0.4, -0.2) is 31.3 Å². The standard InChI is InChI=1S/C30H45NO2SSi/c1-9-31(10-2)30(32)33-28-26-17-15-24-11-13-25(14-12-24)16-18-27(20-19-26)29(28)34-35(21(3)4,22(5)6)23(7)8/h11-14,19-23H,9-10,15-18H2,1-8H3. The number of rotatable bonds is 8. The predicted molar refractivity (Wildman–Crippen MR) is 154 cm³/mol. The average molecular weight is 512 g/mol.